The number of aryl methyl sites for hydroxylation is 2. The van der Waals surface area contributed by atoms with Gasteiger partial charge in [-0.25, -0.2) is 0 Å². The maximum atomic E-state index is 2.24. The molecule has 0 aromatic heterocycles. The minimum Gasteiger partial charge on any atom is -0.0616 e. The van der Waals surface area contributed by atoms with E-state index in [2.05, 4.69) is 62.4 Å². The molecule has 0 fully saturated rings. The lowest BCUT2D eigenvalue weighted by Gasteiger charge is -2.13. The van der Waals surface area contributed by atoms with Gasteiger partial charge in [-0.15, -0.1) is 0 Å². The van der Waals surface area contributed by atoms with Crippen LogP contribution in [-0.2, 0) is 6.42 Å². The lowest BCUT2D eigenvalue weighted by Crippen LogP contribution is -1.91. The Labute approximate surface area is 102 Å². The van der Waals surface area contributed by atoms with Crippen LogP contribution in [0.1, 0.15) is 18.1 Å². The third-order valence-corrected chi connectivity index (χ3v) is 3.68. The van der Waals surface area contributed by atoms with Crippen molar-refractivity contribution >= 4 is 21.5 Å². The second-order valence-corrected chi connectivity index (χ2v) is 4.55. The van der Waals surface area contributed by atoms with Crippen LogP contribution in [0.3, 0.4) is 0 Å². The van der Waals surface area contributed by atoms with Gasteiger partial charge in [0.1, 0.15) is 0 Å². The third-order valence-electron chi connectivity index (χ3n) is 3.68. The summed E-state index contributed by atoms with van der Waals surface area (Å²) in [4.78, 5) is 0. The summed E-state index contributed by atoms with van der Waals surface area (Å²) in [6, 6.07) is 17.5. The predicted molar refractivity (Wildman–Crippen MR) is 75.6 cm³/mol. The van der Waals surface area contributed by atoms with Crippen molar-refractivity contribution in [2.45, 2.75) is 20.3 Å². The minimum absolute atomic E-state index is 1.09. The Balaban J connectivity index is 2.64. The van der Waals surface area contributed by atoms with Crippen LogP contribution in [0.25, 0.3) is 21.5 Å². The van der Waals surface area contributed by atoms with Gasteiger partial charge in [0.25, 0.3) is 0 Å². The maximum absolute atomic E-state index is 2.24. The van der Waals surface area contributed by atoms with Gasteiger partial charge in [0.15, 0.2) is 0 Å². The SMILES string of the molecule is CCc1c(C)c2ccccc2c2ccccc12. The monoisotopic (exact) mass is 220 g/mol. The van der Waals surface area contributed by atoms with Gasteiger partial charge < -0.3 is 0 Å². The molecule has 0 aliphatic rings. The Kier molecular flexibility index (Phi) is 2.36. The smallest absolute Gasteiger partial charge is 0.0102 e. The van der Waals surface area contributed by atoms with Gasteiger partial charge in [-0.3, -0.25) is 0 Å². The van der Waals surface area contributed by atoms with Crippen LogP contribution in [0, 0.1) is 6.92 Å². The quantitative estimate of drug-likeness (QED) is 0.513. The van der Waals surface area contributed by atoms with Gasteiger partial charge in [0.05, 0.1) is 0 Å². The Morgan fingerprint density at radius 3 is 1.76 bits per heavy atom. The van der Waals surface area contributed by atoms with Crippen LogP contribution >= 0.6 is 0 Å². The van der Waals surface area contributed by atoms with E-state index < -0.39 is 0 Å². The fourth-order valence-electron chi connectivity index (χ4n) is 2.85. The average molecular weight is 220 g/mol. The number of hydrogen-bond acceptors (Lipinski definition) is 0. The van der Waals surface area contributed by atoms with Crippen LogP contribution < -0.4 is 0 Å². The van der Waals surface area contributed by atoms with E-state index in [0.29, 0.717) is 0 Å². The number of benzene rings is 3. The number of rotatable bonds is 1. The highest BCUT2D eigenvalue weighted by Gasteiger charge is 2.08. The van der Waals surface area contributed by atoms with Crippen molar-refractivity contribution in [1.29, 1.82) is 0 Å². The molecule has 0 bridgehead atoms. The zero-order valence-electron chi connectivity index (χ0n) is 10.3. The Hall–Kier alpha value is -1.82. The van der Waals surface area contributed by atoms with Crippen molar-refractivity contribution in [2.24, 2.45) is 0 Å². The van der Waals surface area contributed by atoms with Gasteiger partial charge in [-0.05, 0) is 46.0 Å². The van der Waals surface area contributed by atoms with E-state index in [1.54, 1.807) is 0 Å². The molecule has 0 amide bonds. The first-order chi connectivity index (χ1) is 8.33. The molecule has 0 heterocycles. The largest absolute Gasteiger partial charge is 0.0616 e. The molecular formula is C17H16. The van der Waals surface area contributed by atoms with Crippen molar-refractivity contribution in [2.75, 3.05) is 0 Å². The van der Waals surface area contributed by atoms with Crippen LogP contribution in [0.5, 0.6) is 0 Å². The van der Waals surface area contributed by atoms with Crippen LogP contribution in [0.15, 0.2) is 48.5 Å². The van der Waals surface area contributed by atoms with E-state index >= 15 is 0 Å². The van der Waals surface area contributed by atoms with Crippen molar-refractivity contribution in [3.63, 3.8) is 0 Å². The molecule has 0 nitrogen and oxygen atoms in total. The molecule has 3 rings (SSSR count). The first-order valence-electron chi connectivity index (χ1n) is 6.22. The second kappa shape index (κ2) is 3.89. The first kappa shape index (κ1) is 10.3. The highest BCUT2D eigenvalue weighted by Crippen LogP contribution is 2.32. The molecule has 0 radical (unpaired) electrons. The minimum atomic E-state index is 1.09. The lowest BCUT2D eigenvalue weighted by molar-refractivity contribution is 1.14. The normalized spacial score (nSPS) is 11.2. The standard InChI is InChI=1S/C17H16/c1-3-13-12(2)14-8-4-5-10-16(14)17-11-7-6-9-15(13)17/h4-11H,3H2,1-2H3. The summed E-state index contributed by atoms with van der Waals surface area (Å²) in [6.07, 6.45) is 1.09. The number of hydrogen-bond donors (Lipinski definition) is 0. The molecule has 0 aliphatic heterocycles. The van der Waals surface area contributed by atoms with E-state index in [1.807, 2.05) is 0 Å². The van der Waals surface area contributed by atoms with E-state index in [-0.39, 0.29) is 0 Å². The summed E-state index contributed by atoms with van der Waals surface area (Å²) in [6.45, 7) is 4.48. The summed E-state index contributed by atoms with van der Waals surface area (Å²) in [5.74, 6) is 0. The molecule has 84 valence electrons. The average Bonchev–Trinajstić information content (AvgIpc) is 2.40. The fraction of sp³-hybridized carbons (Fsp3) is 0.176. The molecule has 0 atom stereocenters. The predicted octanol–water partition coefficient (Wildman–Crippen LogP) is 4.86. The zero-order chi connectivity index (χ0) is 11.8. The topological polar surface area (TPSA) is 0 Å². The van der Waals surface area contributed by atoms with Crippen molar-refractivity contribution in [1.82, 2.24) is 0 Å². The molecule has 0 spiro atoms. The second-order valence-electron chi connectivity index (χ2n) is 4.55. The van der Waals surface area contributed by atoms with Crippen molar-refractivity contribution in [3.05, 3.63) is 59.7 Å². The molecular weight excluding hydrogens is 204 g/mol. The molecule has 0 heteroatoms. The van der Waals surface area contributed by atoms with Gasteiger partial charge in [-0.1, -0.05) is 55.5 Å². The lowest BCUT2D eigenvalue weighted by atomic mass is 9.91. The summed E-state index contributed by atoms with van der Waals surface area (Å²) < 4.78 is 0. The summed E-state index contributed by atoms with van der Waals surface area (Å²) in [5, 5.41) is 5.55. The summed E-state index contributed by atoms with van der Waals surface area (Å²) in [5.41, 5.74) is 2.92. The van der Waals surface area contributed by atoms with Gasteiger partial charge in [0, 0.05) is 0 Å². The van der Waals surface area contributed by atoms with E-state index in [1.165, 1.54) is 32.7 Å². The fourth-order valence-corrected chi connectivity index (χ4v) is 2.85. The van der Waals surface area contributed by atoms with Crippen molar-refractivity contribution in [3.8, 4) is 0 Å². The molecule has 3 aromatic carbocycles. The highest BCUT2D eigenvalue weighted by molar-refractivity contribution is 6.10. The third kappa shape index (κ3) is 1.44. The van der Waals surface area contributed by atoms with Gasteiger partial charge in [0.2, 0.25) is 0 Å². The summed E-state index contributed by atoms with van der Waals surface area (Å²) >= 11 is 0. The van der Waals surface area contributed by atoms with Crippen LogP contribution in [0.4, 0.5) is 0 Å². The maximum Gasteiger partial charge on any atom is -0.0102 e. The molecule has 17 heavy (non-hydrogen) atoms. The molecule has 3 aromatic rings. The molecule has 0 N–H and O–H groups in total. The Bertz CT molecular complexity index is 693. The van der Waals surface area contributed by atoms with Gasteiger partial charge in [-0.2, -0.15) is 0 Å². The molecule has 0 aliphatic carbocycles. The highest BCUT2D eigenvalue weighted by atomic mass is 14.1. The van der Waals surface area contributed by atoms with E-state index in [4.69, 9.17) is 0 Å². The molecule has 0 saturated heterocycles. The molecule has 0 unspecified atom stereocenters. The molecule has 0 saturated carbocycles. The Morgan fingerprint density at radius 2 is 1.18 bits per heavy atom. The van der Waals surface area contributed by atoms with Crippen LogP contribution in [0.2, 0.25) is 0 Å². The number of fused-ring (bicyclic) bond motifs is 3. The Morgan fingerprint density at radius 1 is 0.706 bits per heavy atom. The van der Waals surface area contributed by atoms with Crippen LogP contribution in [-0.4, -0.2) is 0 Å². The van der Waals surface area contributed by atoms with E-state index in [9.17, 15) is 0 Å². The van der Waals surface area contributed by atoms with E-state index in [0.717, 1.165) is 6.42 Å². The van der Waals surface area contributed by atoms with Crippen molar-refractivity contribution < 1.29 is 0 Å². The zero-order valence-corrected chi connectivity index (χ0v) is 10.3. The first-order valence-corrected chi connectivity index (χ1v) is 6.22. The van der Waals surface area contributed by atoms with Gasteiger partial charge >= 0.3 is 0 Å². The summed E-state index contributed by atoms with van der Waals surface area (Å²) in [7, 11) is 0.